The van der Waals surface area contributed by atoms with Gasteiger partial charge in [-0.25, -0.2) is 0 Å². The van der Waals surface area contributed by atoms with Crippen LogP contribution in [-0.4, -0.2) is 30.5 Å². The number of hydrogen-bond acceptors (Lipinski definition) is 5. The van der Waals surface area contributed by atoms with Crippen LogP contribution in [0.2, 0.25) is 5.02 Å². The number of Topliss-reactive ketones (excluding diaryl/α,β-unsaturated/α-hetero) is 1. The van der Waals surface area contributed by atoms with Crippen molar-refractivity contribution in [1.29, 1.82) is 0 Å². The Morgan fingerprint density at radius 1 is 1.06 bits per heavy atom. The molecule has 1 unspecified atom stereocenters. The van der Waals surface area contributed by atoms with Gasteiger partial charge in [-0.2, -0.15) is 0 Å². The van der Waals surface area contributed by atoms with Crippen molar-refractivity contribution in [3.63, 3.8) is 0 Å². The molecule has 1 saturated heterocycles. The van der Waals surface area contributed by atoms with Gasteiger partial charge in [-0.15, -0.1) is 0 Å². The quantitative estimate of drug-likeness (QED) is 0.281. The summed E-state index contributed by atoms with van der Waals surface area (Å²) in [6, 6.07) is 18.3. The average molecular weight is 478 g/mol. The first-order chi connectivity index (χ1) is 16.4. The van der Waals surface area contributed by atoms with Gasteiger partial charge in [-0.1, -0.05) is 41.9 Å². The van der Waals surface area contributed by atoms with E-state index in [1.807, 2.05) is 38.1 Å². The summed E-state index contributed by atoms with van der Waals surface area (Å²) < 4.78 is 10.9. The Balaban J connectivity index is 1.95. The number of nitrogens with zero attached hydrogens (tertiary/aromatic N) is 1. The van der Waals surface area contributed by atoms with Gasteiger partial charge in [0.05, 0.1) is 30.4 Å². The number of carbonyl (C=O) groups excluding carboxylic acids is 2. The normalized spacial score (nSPS) is 17.2. The number of amides is 1. The zero-order valence-corrected chi connectivity index (χ0v) is 19.8. The van der Waals surface area contributed by atoms with Gasteiger partial charge in [-0.05, 0) is 55.3 Å². The molecule has 0 radical (unpaired) electrons. The molecule has 0 aliphatic carbocycles. The second-order valence-electron chi connectivity index (χ2n) is 7.81. The molecule has 1 heterocycles. The van der Waals surface area contributed by atoms with Crippen LogP contribution in [0.5, 0.6) is 11.5 Å². The first-order valence-electron chi connectivity index (χ1n) is 10.8. The average Bonchev–Trinajstić information content (AvgIpc) is 3.10. The number of benzene rings is 3. The molecule has 1 fully saturated rings. The van der Waals surface area contributed by atoms with E-state index in [0.717, 1.165) is 11.1 Å². The molecule has 1 atom stereocenters. The van der Waals surface area contributed by atoms with Crippen molar-refractivity contribution < 1.29 is 24.2 Å². The zero-order valence-electron chi connectivity index (χ0n) is 19.0. The lowest BCUT2D eigenvalue weighted by Crippen LogP contribution is -2.29. The molecule has 1 amide bonds. The maximum atomic E-state index is 13.3. The van der Waals surface area contributed by atoms with Crippen LogP contribution in [0.4, 0.5) is 5.69 Å². The summed E-state index contributed by atoms with van der Waals surface area (Å²) in [5, 5.41) is 11.7. The molecule has 0 spiro atoms. The van der Waals surface area contributed by atoms with E-state index in [9.17, 15) is 14.7 Å². The minimum absolute atomic E-state index is 0.00881. The number of methoxy groups -OCH3 is 1. The number of anilines is 1. The van der Waals surface area contributed by atoms with Gasteiger partial charge < -0.3 is 14.6 Å². The number of halogens is 1. The minimum Gasteiger partial charge on any atom is -0.507 e. The summed E-state index contributed by atoms with van der Waals surface area (Å²) in [5.74, 6) is -0.888. The third-order valence-corrected chi connectivity index (χ3v) is 6.07. The monoisotopic (exact) mass is 477 g/mol. The summed E-state index contributed by atoms with van der Waals surface area (Å²) in [4.78, 5) is 28.1. The fourth-order valence-electron chi connectivity index (χ4n) is 4.14. The van der Waals surface area contributed by atoms with Crippen LogP contribution >= 0.6 is 11.6 Å². The smallest absolute Gasteiger partial charge is 0.300 e. The standard InChI is InChI=1S/C27H24ClNO5/c1-4-34-19-10-7-9-18(15-19)29-24(20-11-6-5-8-16(20)2)23(26(31)27(29)32)25(30)17-12-13-21(28)22(14-17)33-3/h5-15,24,30H,4H2,1-3H3/b25-23+. The maximum Gasteiger partial charge on any atom is 0.300 e. The van der Waals surface area contributed by atoms with Crippen molar-refractivity contribution >= 4 is 34.7 Å². The number of ketones is 1. The Morgan fingerprint density at radius 2 is 1.82 bits per heavy atom. The minimum atomic E-state index is -0.834. The highest BCUT2D eigenvalue weighted by Crippen LogP contribution is 2.44. The number of aliphatic hydroxyl groups is 1. The number of ether oxygens (including phenoxy) is 2. The number of aliphatic hydroxyl groups excluding tert-OH is 1. The maximum absolute atomic E-state index is 13.3. The van der Waals surface area contributed by atoms with Gasteiger partial charge >= 0.3 is 0 Å². The lowest BCUT2D eigenvalue weighted by Gasteiger charge is -2.27. The van der Waals surface area contributed by atoms with Crippen LogP contribution in [0.3, 0.4) is 0 Å². The number of carbonyl (C=O) groups is 2. The van der Waals surface area contributed by atoms with Gasteiger partial charge in [0.15, 0.2) is 0 Å². The third-order valence-electron chi connectivity index (χ3n) is 5.76. The van der Waals surface area contributed by atoms with E-state index < -0.39 is 17.7 Å². The lowest BCUT2D eigenvalue weighted by molar-refractivity contribution is -0.132. The summed E-state index contributed by atoms with van der Waals surface area (Å²) in [6.45, 7) is 4.23. The molecule has 174 valence electrons. The van der Waals surface area contributed by atoms with E-state index in [4.69, 9.17) is 21.1 Å². The molecule has 1 aliphatic heterocycles. The SMILES string of the molecule is CCOc1cccc(N2C(=O)C(=O)/C(=C(/O)c3ccc(Cl)c(OC)c3)C2c2ccccc2C)c1. The molecule has 6 nitrogen and oxygen atoms in total. The highest BCUT2D eigenvalue weighted by atomic mass is 35.5. The molecule has 1 aliphatic rings. The molecule has 7 heteroatoms. The van der Waals surface area contributed by atoms with E-state index in [2.05, 4.69) is 0 Å². The molecule has 34 heavy (non-hydrogen) atoms. The van der Waals surface area contributed by atoms with Crippen LogP contribution in [0.25, 0.3) is 5.76 Å². The van der Waals surface area contributed by atoms with E-state index in [-0.39, 0.29) is 11.3 Å². The van der Waals surface area contributed by atoms with Crippen LogP contribution < -0.4 is 14.4 Å². The van der Waals surface area contributed by atoms with Crippen molar-refractivity contribution in [3.8, 4) is 11.5 Å². The summed E-state index contributed by atoms with van der Waals surface area (Å²) in [5.41, 5.74) is 2.41. The Bertz CT molecular complexity index is 1300. The molecule has 1 N–H and O–H groups in total. The highest BCUT2D eigenvalue weighted by molar-refractivity contribution is 6.51. The molecule has 3 aromatic rings. The van der Waals surface area contributed by atoms with E-state index in [1.54, 1.807) is 36.4 Å². The van der Waals surface area contributed by atoms with Crippen LogP contribution in [0, 0.1) is 6.92 Å². The topological polar surface area (TPSA) is 76.1 Å². The van der Waals surface area contributed by atoms with Crippen LogP contribution in [-0.2, 0) is 9.59 Å². The molecule has 0 saturated carbocycles. The second-order valence-corrected chi connectivity index (χ2v) is 8.21. The van der Waals surface area contributed by atoms with Gasteiger partial charge in [0.2, 0.25) is 0 Å². The molecule has 3 aromatic carbocycles. The Hall–Kier alpha value is -3.77. The number of rotatable bonds is 6. The fraction of sp³-hybridized carbons (Fsp3) is 0.185. The first kappa shape index (κ1) is 23.4. The Labute approximate surface area is 203 Å². The molecule has 4 rings (SSSR count). The van der Waals surface area contributed by atoms with E-state index >= 15 is 0 Å². The summed E-state index contributed by atoms with van der Waals surface area (Å²) in [7, 11) is 1.46. The summed E-state index contributed by atoms with van der Waals surface area (Å²) in [6.07, 6.45) is 0. The van der Waals surface area contributed by atoms with Crippen molar-refractivity contribution in [2.24, 2.45) is 0 Å². The van der Waals surface area contributed by atoms with Crippen molar-refractivity contribution in [2.45, 2.75) is 19.9 Å². The molecule has 0 bridgehead atoms. The van der Waals surface area contributed by atoms with Crippen molar-refractivity contribution in [2.75, 3.05) is 18.6 Å². The number of hydrogen-bond donors (Lipinski definition) is 1. The van der Waals surface area contributed by atoms with Gasteiger partial charge in [0, 0.05) is 17.3 Å². The van der Waals surface area contributed by atoms with Gasteiger partial charge in [0.25, 0.3) is 11.7 Å². The predicted molar refractivity (Wildman–Crippen MR) is 132 cm³/mol. The molecule has 0 aromatic heterocycles. The fourth-order valence-corrected chi connectivity index (χ4v) is 4.33. The van der Waals surface area contributed by atoms with Gasteiger partial charge in [0.1, 0.15) is 17.3 Å². The molecular formula is C27H24ClNO5. The predicted octanol–water partition coefficient (Wildman–Crippen LogP) is 5.68. The van der Waals surface area contributed by atoms with E-state index in [0.29, 0.717) is 34.4 Å². The zero-order chi connectivity index (χ0) is 24.4. The van der Waals surface area contributed by atoms with Crippen molar-refractivity contribution in [1.82, 2.24) is 0 Å². The van der Waals surface area contributed by atoms with Crippen molar-refractivity contribution in [3.05, 3.63) is 94.0 Å². The first-order valence-corrected chi connectivity index (χ1v) is 11.2. The largest absolute Gasteiger partial charge is 0.507 e. The van der Waals surface area contributed by atoms with E-state index in [1.165, 1.54) is 18.1 Å². The Morgan fingerprint density at radius 3 is 2.53 bits per heavy atom. The molecular weight excluding hydrogens is 454 g/mol. The second kappa shape index (κ2) is 9.61. The lowest BCUT2D eigenvalue weighted by atomic mass is 9.92. The highest BCUT2D eigenvalue weighted by Gasteiger charge is 2.47. The van der Waals surface area contributed by atoms with Crippen LogP contribution in [0.15, 0.2) is 72.3 Å². The third kappa shape index (κ3) is 4.13. The summed E-state index contributed by atoms with van der Waals surface area (Å²) >= 11 is 6.14. The van der Waals surface area contributed by atoms with Gasteiger partial charge in [-0.3, -0.25) is 14.5 Å². The van der Waals surface area contributed by atoms with Crippen LogP contribution in [0.1, 0.15) is 29.7 Å². The Kier molecular flexibility index (Phi) is 6.61. The number of aryl methyl sites for hydroxylation is 1.